The number of rotatable bonds is 2. The van der Waals surface area contributed by atoms with Gasteiger partial charge in [0.1, 0.15) is 23.3 Å². The van der Waals surface area contributed by atoms with Crippen LogP contribution < -0.4 is 33.2 Å². The Bertz CT molecular complexity index is 861. The number of hydrogen-bond acceptors (Lipinski definition) is 3. The Labute approximate surface area is 152 Å². The van der Waals surface area contributed by atoms with Crippen molar-refractivity contribution in [2.24, 2.45) is 5.73 Å². The molecule has 4 rings (SSSR count). The number of methoxy groups -OCH3 is 1. The lowest BCUT2D eigenvalue weighted by Gasteiger charge is -2.29. The summed E-state index contributed by atoms with van der Waals surface area (Å²) in [7, 11) is 1.66. The van der Waals surface area contributed by atoms with E-state index in [2.05, 4.69) is 16.4 Å². The highest BCUT2D eigenvalue weighted by atomic mass is 35.5. The first kappa shape index (κ1) is 17.3. The summed E-state index contributed by atoms with van der Waals surface area (Å²) in [4.78, 5) is 3.28. The normalized spacial score (nSPS) is 18.3. The minimum atomic E-state index is -0.238. The van der Waals surface area contributed by atoms with E-state index in [1.807, 2.05) is 12.1 Å². The highest BCUT2D eigenvalue weighted by Gasteiger charge is 2.32. The van der Waals surface area contributed by atoms with Crippen LogP contribution in [0.2, 0.25) is 0 Å². The Morgan fingerprint density at radius 2 is 1.92 bits per heavy atom. The van der Waals surface area contributed by atoms with Gasteiger partial charge in [0, 0.05) is 11.1 Å². The molecule has 0 unspecified atom stereocenters. The van der Waals surface area contributed by atoms with E-state index in [1.165, 1.54) is 23.3 Å². The highest BCUT2D eigenvalue weighted by molar-refractivity contribution is 5.88. The van der Waals surface area contributed by atoms with E-state index in [9.17, 15) is 4.39 Å². The fraction of sp³-hybridized carbons (Fsp3) is 0.211. The van der Waals surface area contributed by atoms with E-state index in [4.69, 9.17) is 10.5 Å². The molecule has 4 nitrogen and oxygen atoms in total. The van der Waals surface area contributed by atoms with Crippen LogP contribution in [0.1, 0.15) is 29.2 Å². The van der Waals surface area contributed by atoms with Crippen molar-refractivity contribution < 1.29 is 26.5 Å². The lowest BCUT2D eigenvalue weighted by molar-refractivity contribution is -0.503. The van der Waals surface area contributed by atoms with Crippen LogP contribution in [0, 0.1) is 5.82 Å². The fourth-order valence-electron chi connectivity index (χ4n) is 3.49. The number of halogens is 2. The van der Waals surface area contributed by atoms with Gasteiger partial charge in [-0.25, -0.2) is 9.71 Å². The molecule has 1 atom stereocenters. The van der Waals surface area contributed by atoms with E-state index < -0.39 is 0 Å². The molecule has 0 saturated carbocycles. The molecular weight excluding hydrogens is 341 g/mol. The zero-order valence-electron chi connectivity index (χ0n) is 13.8. The van der Waals surface area contributed by atoms with Crippen LogP contribution in [0.15, 0.2) is 48.0 Å². The lowest BCUT2D eigenvalue weighted by Crippen LogP contribution is -3.00. The maximum Gasteiger partial charge on any atom is 0.346 e. The third-order valence-corrected chi connectivity index (χ3v) is 4.68. The first-order valence-electron chi connectivity index (χ1n) is 7.97. The standard InChI is InChI=1S/C19H18FN3O.ClH/c1-24-14-8-4-11-5-9-15-17(12-2-6-13(20)7-3-12)22-19(21)23-18(15)16(11)10-14;/h2-4,6-8,10,17H,5,9H2,1H3,(H3,21,22,23);1H/t17-;/m0./s1. The van der Waals surface area contributed by atoms with Gasteiger partial charge in [-0.15, -0.1) is 0 Å². The van der Waals surface area contributed by atoms with E-state index in [0.717, 1.165) is 35.4 Å². The summed E-state index contributed by atoms with van der Waals surface area (Å²) < 4.78 is 18.6. The number of hydrogen-bond donors (Lipinski definition) is 3. The molecule has 2 aromatic rings. The van der Waals surface area contributed by atoms with Gasteiger partial charge in [0.25, 0.3) is 0 Å². The number of benzene rings is 2. The Morgan fingerprint density at radius 3 is 2.64 bits per heavy atom. The third kappa shape index (κ3) is 3.07. The second-order valence-electron chi connectivity index (χ2n) is 6.09. The zero-order chi connectivity index (χ0) is 16.7. The molecule has 2 aromatic carbocycles. The van der Waals surface area contributed by atoms with Gasteiger partial charge in [0.05, 0.1) is 7.11 Å². The van der Waals surface area contributed by atoms with Crippen LogP contribution in [0.5, 0.6) is 5.75 Å². The van der Waals surface area contributed by atoms with Gasteiger partial charge in [0.15, 0.2) is 0 Å². The van der Waals surface area contributed by atoms with Crippen molar-refractivity contribution in [2.45, 2.75) is 18.9 Å². The number of aryl methyl sites for hydroxylation is 1. The van der Waals surface area contributed by atoms with Crippen LogP contribution in [0.4, 0.5) is 4.39 Å². The van der Waals surface area contributed by atoms with E-state index in [1.54, 1.807) is 19.2 Å². The van der Waals surface area contributed by atoms with Crippen molar-refractivity contribution in [3.63, 3.8) is 0 Å². The topological polar surface area (TPSA) is 61.2 Å². The summed E-state index contributed by atoms with van der Waals surface area (Å²) in [6.45, 7) is 0. The molecular formula is C19H19ClFN3O. The predicted octanol–water partition coefficient (Wildman–Crippen LogP) is -1.76. The monoisotopic (exact) mass is 359 g/mol. The van der Waals surface area contributed by atoms with E-state index >= 15 is 0 Å². The Hall–Kier alpha value is -2.53. The van der Waals surface area contributed by atoms with Crippen molar-refractivity contribution in [2.75, 3.05) is 7.11 Å². The molecule has 1 heterocycles. The second kappa shape index (κ2) is 6.76. The number of guanidine groups is 1. The smallest absolute Gasteiger partial charge is 0.346 e. The molecule has 1 aliphatic heterocycles. The summed E-state index contributed by atoms with van der Waals surface area (Å²) in [5.74, 6) is 1.08. The maximum atomic E-state index is 13.3. The maximum absolute atomic E-state index is 13.3. The van der Waals surface area contributed by atoms with Crippen LogP contribution >= 0.6 is 0 Å². The number of ether oxygens (including phenoxy) is 1. The molecule has 0 amide bonds. The predicted molar refractivity (Wildman–Crippen MR) is 90.7 cm³/mol. The SMILES string of the molecule is COc1ccc2c(c1)C1=C(CC2)[C@H](c2ccc(F)cc2)[NH+]=C(N)N1.[Cl-]. The molecule has 6 heteroatoms. The third-order valence-electron chi connectivity index (χ3n) is 4.68. The summed E-state index contributed by atoms with van der Waals surface area (Å²) in [6.07, 6.45) is 1.88. The van der Waals surface area contributed by atoms with Gasteiger partial charge >= 0.3 is 5.96 Å². The fourth-order valence-corrected chi connectivity index (χ4v) is 3.49. The summed E-state index contributed by atoms with van der Waals surface area (Å²) >= 11 is 0. The Kier molecular flexibility index (Phi) is 4.68. The van der Waals surface area contributed by atoms with Crippen molar-refractivity contribution in [1.29, 1.82) is 0 Å². The van der Waals surface area contributed by atoms with E-state index in [0.29, 0.717) is 5.96 Å². The van der Waals surface area contributed by atoms with Crippen LogP contribution in [0.25, 0.3) is 5.70 Å². The largest absolute Gasteiger partial charge is 1.00 e. The average molecular weight is 360 g/mol. The first-order valence-corrected chi connectivity index (χ1v) is 7.97. The van der Waals surface area contributed by atoms with Crippen LogP contribution in [0.3, 0.4) is 0 Å². The molecule has 0 bridgehead atoms. The molecule has 0 radical (unpaired) electrons. The minimum Gasteiger partial charge on any atom is -1.00 e. The van der Waals surface area contributed by atoms with Crippen molar-refractivity contribution in [1.82, 2.24) is 5.32 Å². The van der Waals surface area contributed by atoms with E-state index in [-0.39, 0.29) is 24.3 Å². The summed E-state index contributed by atoms with van der Waals surface area (Å²) in [6, 6.07) is 12.6. The Balaban J connectivity index is 0.00000182. The summed E-state index contributed by atoms with van der Waals surface area (Å²) in [5, 5.41) is 3.27. The molecule has 0 fully saturated rings. The molecule has 2 aliphatic rings. The molecule has 4 N–H and O–H groups in total. The number of nitrogens with two attached hydrogens (primary N) is 1. The molecule has 25 heavy (non-hydrogen) atoms. The van der Waals surface area contributed by atoms with Gasteiger partial charge in [-0.05, 0) is 48.2 Å². The van der Waals surface area contributed by atoms with Gasteiger partial charge < -0.3 is 17.1 Å². The first-order chi connectivity index (χ1) is 11.7. The quantitative estimate of drug-likeness (QED) is 0.595. The average Bonchev–Trinajstić information content (AvgIpc) is 2.61. The molecule has 1 aliphatic carbocycles. The van der Waals surface area contributed by atoms with Crippen molar-refractivity contribution in [3.8, 4) is 5.75 Å². The summed E-state index contributed by atoms with van der Waals surface area (Å²) in [5.41, 5.74) is 11.7. The number of nitrogens with one attached hydrogen (secondary N) is 2. The Morgan fingerprint density at radius 1 is 1.16 bits per heavy atom. The van der Waals surface area contributed by atoms with Gasteiger partial charge in [-0.3, -0.25) is 10.7 Å². The number of fused-ring (bicyclic) bond motifs is 2. The second-order valence-corrected chi connectivity index (χ2v) is 6.09. The molecule has 0 saturated heterocycles. The minimum absolute atomic E-state index is 0. The van der Waals surface area contributed by atoms with Gasteiger partial charge in [-0.1, -0.05) is 18.2 Å². The van der Waals surface area contributed by atoms with Gasteiger partial charge in [-0.2, -0.15) is 0 Å². The molecule has 0 spiro atoms. The van der Waals surface area contributed by atoms with Gasteiger partial charge in [0.2, 0.25) is 0 Å². The molecule has 130 valence electrons. The zero-order valence-corrected chi connectivity index (χ0v) is 14.5. The van der Waals surface area contributed by atoms with Crippen molar-refractivity contribution >= 4 is 11.7 Å². The highest BCUT2D eigenvalue weighted by Crippen LogP contribution is 2.37. The van der Waals surface area contributed by atoms with Crippen LogP contribution in [-0.2, 0) is 6.42 Å². The lowest BCUT2D eigenvalue weighted by atomic mass is 9.83. The van der Waals surface area contributed by atoms with Crippen molar-refractivity contribution in [3.05, 3.63) is 70.5 Å². The van der Waals surface area contributed by atoms with Crippen LogP contribution in [-0.4, -0.2) is 13.1 Å². The molecule has 0 aromatic heterocycles.